The van der Waals surface area contributed by atoms with Crippen LogP contribution >= 0.6 is 0 Å². The number of benzene rings is 1. The fourth-order valence-corrected chi connectivity index (χ4v) is 1.07. The van der Waals surface area contributed by atoms with Crippen LogP contribution in [0.5, 0.6) is 0 Å². The summed E-state index contributed by atoms with van der Waals surface area (Å²) in [5.41, 5.74) is 0.940. The number of carbonyl (C=O) groups excluding carboxylic acids is 1. The minimum Gasteiger partial charge on any atom is -0.460 e. The summed E-state index contributed by atoms with van der Waals surface area (Å²) in [5.74, 6) is -0.434. The van der Waals surface area contributed by atoms with Gasteiger partial charge >= 0.3 is 5.97 Å². The molecule has 0 aliphatic rings. The highest BCUT2D eigenvalue weighted by Crippen LogP contribution is 2.01. The molecule has 1 N–H and O–H groups in total. The van der Waals surface area contributed by atoms with Crippen molar-refractivity contribution < 1.29 is 14.6 Å². The molecule has 0 saturated carbocycles. The molecule has 1 aromatic carbocycles. The Bertz CT molecular complexity index is 343. The first-order valence-electron chi connectivity index (χ1n) is 5.30. The van der Waals surface area contributed by atoms with Crippen LogP contribution in [0.1, 0.15) is 18.9 Å². The second-order valence-corrected chi connectivity index (χ2v) is 3.44. The Morgan fingerprint density at radius 3 is 2.75 bits per heavy atom. The molecular formula is C13H16O3. The highest BCUT2D eigenvalue weighted by Gasteiger charge is 2.03. The molecule has 0 saturated heterocycles. The molecule has 86 valence electrons. The van der Waals surface area contributed by atoms with Gasteiger partial charge in [-0.25, -0.2) is 4.79 Å². The van der Waals surface area contributed by atoms with Crippen molar-refractivity contribution in [2.75, 3.05) is 6.61 Å². The molecule has 0 aliphatic heterocycles. The summed E-state index contributed by atoms with van der Waals surface area (Å²) in [4.78, 5) is 11.2. The van der Waals surface area contributed by atoms with Crippen LogP contribution in [0.4, 0.5) is 0 Å². The molecule has 1 atom stereocenters. The van der Waals surface area contributed by atoms with E-state index in [0.717, 1.165) is 5.56 Å². The molecule has 0 fully saturated rings. The van der Waals surface area contributed by atoms with Gasteiger partial charge in [-0.2, -0.15) is 0 Å². The van der Waals surface area contributed by atoms with Gasteiger partial charge in [0.05, 0.1) is 6.10 Å². The van der Waals surface area contributed by atoms with E-state index < -0.39 is 12.1 Å². The van der Waals surface area contributed by atoms with Crippen molar-refractivity contribution in [3.63, 3.8) is 0 Å². The van der Waals surface area contributed by atoms with E-state index in [9.17, 15) is 9.90 Å². The Kier molecular flexibility index (Phi) is 5.29. The van der Waals surface area contributed by atoms with Crippen molar-refractivity contribution in [1.29, 1.82) is 0 Å². The first-order chi connectivity index (χ1) is 7.72. The third kappa shape index (κ3) is 4.75. The minimum absolute atomic E-state index is 0.0501. The summed E-state index contributed by atoms with van der Waals surface area (Å²) in [6, 6.07) is 9.49. The number of esters is 1. The van der Waals surface area contributed by atoms with Gasteiger partial charge in [-0.15, -0.1) is 0 Å². The van der Waals surface area contributed by atoms with Gasteiger partial charge in [0.1, 0.15) is 6.61 Å². The van der Waals surface area contributed by atoms with Crippen LogP contribution < -0.4 is 0 Å². The average molecular weight is 220 g/mol. The highest BCUT2D eigenvalue weighted by molar-refractivity contribution is 5.87. The zero-order valence-corrected chi connectivity index (χ0v) is 9.30. The highest BCUT2D eigenvalue weighted by atomic mass is 16.5. The van der Waals surface area contributed by atoms with Crippen molar-refractivity contribution in [3.8, 4) is 0 Å². The summed E-state index contributed by atoms with van der Waals surface area (Å²) in [6.07, 6.45) is 3.04. The van der Waals surface area contributed by atoms with Crippen LogP contribution in [0.25, 0.3) is 6.08 Å². The number of ether oxygens (including phenoxy) is 1. The lowest BCUT2D eigenvalue weighted by Gasteiger charge is -2.06. The van der Waals surface area contributed by atoms with Gasteiger partial charge in [0.25, 0.3) is 0 Å². The van der Waals surface area contributed by atoms with Crippen LogP contribution in [0.15, 0.2) is 36.4 Å². The van der Waals surface area contributed by atoms with E-state index in [4.69, 9.17) is 4.74 Å². The molecule has 3 heteroatoms. The normalized spacial score (nSPS) is 12.6. The first-order valence-corrected chi connectivity index (χ1v) is 5.30. The van der Waals surface area contributed by atoms with Crippen LogP contribution in [0.3, 0.4) is 0 Å². The number of hydrogen-bond donors (Lipinski definition) is 1. The van der Waals surface area contributed by atoms with Gasteiger partial charge in [-0.3, -0.25) is 0 Å². The maximum atomic E-state index is 11.2. The molecule has 0 amide bonds. The van der Waals surface area contributed by atoms with Gasteiger partial charge in [-0.05, 0) is 18.1 Å². The quantitative estimate of drug-likeness (QED) is 0.610. The molecule has 1 unspecified atom stereocenters. The van der Waals surface area contributed by atoms with Crippen LogP contribution in [-0.2, 0) is 9.53 Å². The van der Waals surface area contributed by atoms with E-state index in [2.05, 4.69) is 0 Å². The average Bonchev–Trinajstić information content (AvgIpc) is 2.34. The number of aliphatic hydroxyl groups excluding tert-OH is 1. The second kappa shape index (κ2) is 6.80. The predicted molar refractivity (Wildman–Crippen MR) is 62.7 cm³/mol. The number of carbonyl (C=O) groups is 1. The van der Waals surface area contributed by atoms with Crippen LogP contribution in [0, 0.1) is 0 Å². The zero-order valence-electron chi connectivity index (χ0n) is 9.30. The minimum atomic E-state index is -0.575. The molecule has 0 aliphatic carbocycles. The molecular weight excluding hydrogens is 204 g/mol. The van der Waals surface area contributed by atoms with Crippen molar-refractivity contribution in [3.05, 3.63) is 42.0 Å². The number of aliphatic hydroxyl groups is 1. The summed E-state index contributed by atoms with van der Waals surface area (Å²) >= 11 is 0. The lowest BCUT2D eigenvalue weighted by molar-refractivity contribution is -0.140. The molecule has 3 nitrogen and oxygen atoms in total. The van der Waals surface area contributed by atoms with Crippen molar-refractivity contribution >= 4 is 12.0 Å². The molecule has 1 aromatic rings. The smallest absolute Gasteiger partial charge is 0.330 e. The molecule has 0 bridgehead atoms. The van der Waals surface area contributed by atoms with Crippen LogP contribution in [0.2, 0.25) is 0 Å². The van der Waals surface area contributed by atoms with E-state index >= 15 is 0 Å². The van der Waals surface area contributed by atoms with E-state index in [-0.39, 0.29) is 6.61 Å². The third-order valence-electron chi connectivity index (χ3n) is 2.10. The van der Waals surface area contributed by atoms with E-state index in [1.165, 1.54) is 6.08 Å². The molecule has 0 radical (unpaired) electrons. The van der Waals surface area contributed by atoms with Crippen molar-refractivity contribution in [2.24, 2.45) is 0 Å². The fourth-order valence-electron chi connectivity index (χ4n) is 1.07. The largest absolute Gasteiger partial charge is 0.460 e. The molecule has 1 rings (SSSR count). The topological polar surface area (TPSA) is 46.5 Å². The van der Waals surface area contributed by atoms with E-state index in [1.54, 1.807) is 6.08 Å². The number of rotatable bonds is 5. The lowest BCUT2D eigenvalue weighted by atomic mass is 10.2. The Morgan fingerprint density at radius 1 is 1.44 bits per heavy atom. The monoisotopic (exact) mass is 220 g/mol. The molecule has 0 spiro atoms. The SMILES string of the molecule is CCC(O)COC(=O)C=Cc1ccccc1. The molecule has 0 aromatic heterocycles. The van der Waals surface area contributed by atoms with E-state index in [0.29, 0.717) is 6.42 Å². The van der Waals surface area contributed by atoms with Crippen molar-refractivity contribution in [2.45, 2.75) is 19.4 Å². The summed E-state index contributed by atoms with van der Waals surface area (Å²) in [5, 5.41) is 9.19. The summed E-state index contributed by atoms with van der Waals surface area (Å²) in [6.45, 7) is 1.88. The Labute approximate surface area is 95.4 Å². The Balaban J connectivity index is 2.37. The maximum absolute atomic E-state index is 11.2. The summed E-state index contributed by atoms with van der Waals surface area (Å²) < 4.78 is 4.84. The van der Waals surface area contributed by atoms with Crippen LogP contribution in [-0.4, -0.2) is 23.8 Å². The van der Waals surface area contributed by atoms with Gasteiger partial charge < -0.3 is 9.84 Å². The predicted octanol–water partition coefficient (Wildman–Crippen LogP) is 2.01. The summed E-state index contributed by atoms with van der Waals surface area (Å²) in [7, 11) is 0. The maximum Gasteiger partial charge on any atom is 0.330 e. The number of hydrogen-bond acceptors (Lipinski definition) is 3. The lowest BCUT2D eigenvalue weighted by Crippen LogP contribution is -2.16. The van der Waals surface area contributed by atoms with Gasteiger partial charge in [-0.1, -0.05) is 37.3 Å². The zero-order chi connectivity index (χ0) is 11.8. The van der Waals surface area contributed by atoms with Gasteiger partial charge in [0, 0.05) is 6.08 Å². The molecule has 16 heavy (non-hydrogen) atoms. The van der Waals surface area contributed by atoms with Crippen molar-refractivity contribution in [1.82, 2.24) is 0 Å². The molecule has 0 heterocycles. The fraction of sp³-hybridized carbons (Fsp3) is 0.308. The van der Waals surface area contributed by atoms with Gasteiger partial charge in [0.2, 0.25) is 0 Å². The van der Waals surface area contributed by atoms with E-state index in [1.807, 2.05) is 37.3 Å². The standard InChI is InChI=1S/C13H16O3/c1-2-12(14)10-16-13(15)9-8-11-6-4-3-5-7-11/h3-9,12,14H,2,10H2,1H3. The third-order valence-corrected chi connectivity index (χ3v) is 2.10. The second-order valence-electron chi connectivity index (χ2n) is 3.44. The Hall–Kier alpha value is -1.61. The Morgan fingerprint density at radius 2 is 2.12 bits per heavy atom. The first kappa shape index (κ1) is 12.5. The van der Waals surface area contributed by atoms with Gasteiger partial charge in [0.15, 0.2) is 0 Å².